The van der Waals surface area contributed by atoms with Crippen LogP contribution in [-0.2, 0) is 17.7 Å². The molecule has 4 nitrogen and oxygen atoms in total. The molecule has 2 aliphatic heterocycles. The molecule has 1 aromatic rings. The molecule has 1 unspecified atom stereocenters. The van der Waals surface area contributed by atoms with E-state index in [4.69, 9.17) is 4.74 Å². The summed E-state index contributed by atoms with van der Waals surface area (Å²) in [7, 11) is 0. The van der Waals surface area contributed by atoms with Gasteiger partial charge in [0, 0.05) is 18.7 Å². The van der Waals surface area contributed by atoms with E-state index in [-0.39, 0.29) is 11.9 Å². The molecule has 0 bridgehead atoms. The van der Waals surface area contributed by atoms with Crippen molar-refractivity contribution in [1.29, 1.82) is 0 Å². The van der Waals surface area contributed by atoms with Crippen LogP contribution >= 0.6 is 0 Å². The van der Waals surface area contributed by atoms with Gasteiger partial charge in [0.05, 0.1) is 19.3 Å². The Morgan fingerprint density at radius 1 is 1.47 bits per heavy atom. The maximum absolute atomic E-state index is 12.7. The van der Waals surface area contributed by atoms with E-state index in [2.05, 4.69) is 11.4 Å². The first-order valence-corrected chi connectivity index (χ1v) is 6.97. The van der Waals surface area contributed by atoms with Gasteiger partial charge in [-0.25, -0.2) is 0 Å². The fraction of sp³-hybridized carbons (Fsp3) is 0.533. The molecule has 3 rings (SSSR count). The predicted molar refractivity (Wildman–Crippen MR) is 73.2 cm³/mol. The number of nitrogens with zero attached hydrogens (tertiary/aromatic N) is 1. The summed E-state index contributed by atoms with van der Waals surface area (Å²) < 4.78 is 5.41. The summed E-state index contributed by atoms with van der Waals surface area (Å²) in [6, 6.07) is 6.23. The molecule has 0 radical (unpaired) electrons. The highest BCUT2D eigenvalue weighted by atomic mass is 16.5. The third kappa shape index (κ3) is 2.38. The van der Waals surface area contributed by atoms with Gasteiger partial charge in [0.25, 0.3) is 5.91 Å². The van der Waals surface area contributed by atoms with Crippen LogP contribution in [0.1, 0.15) is 28.4 Å². The van der Waals surface area contributed by atoms with Gasteiger partial charge in [0.1, 0.15) is 0 Å². The fourth-order valence-electron chi connectivity index (χ4n) is 2.92. The number of amides is 1. The molecule has 1 atom stereocenters. The molecule has 4 heteroatoms. The second-order valence-corrected chi connectivity index (χ2v) is 5.29. The van der Waals surface area contributed by atoms with Crippen molar-refractivity contribution in [3.63, 3.8) is 0 Å². The summed E-state index contributed by atoms with van der Waals surface area (Å²) in [6.45, 7) is 5.86. The highest BCUT2D eigenvalue weighted by molar-refractivity contribution is 5.96. The van der Waals surface area contributed by atoms with Crippen LogP contribution in [0.2, 0.25) is 0 Å². The highest BCUT2D eigenvalue weighted by Crippen LogP contribution is 2.21. The van der Waals surface area contributed by atoms with Crippen LogP contribution < -0.4 is 5.32 Å². The zero-order valence-corrected chi connectivity index (χ0v) is 11.3. The number of fused-ring (bicyclic) bond motifs is 1. The van der Waals surface area contributed by atoms with E-state index >= 15 is 0 Å². The summed E-state index contributed by atoms with van der Waals surface area (Å²) in [4.78, 5) is 14.7. The minimum Gasteiger partial charge on any atom is -0.377 e. The summed E-state index contributed by atoms with van der Waals surface area (Å²) in [5, 5.41) is 3.35. The van der Waals surface area contributed by atoms with Crippen molar-refractivity contribution in [2.24, 2.45) is 0 Å². The van der Waals surface area contributed by atoms with Gasteiger partial charge in [-0.05, 0) is 37.1 Å². The number of hydrogen-bond acceptors (Lipinski definition) is 3. The van der Waals surface area contributed by atoms with Gasteiger partial charge in [-0.2, -0.15) is 0 Å². The molecule has 0 saturated carbocycles. The zero-order valence-electron chi connectivity index (χ0n) is 11.3. The van der Waals surface area contributed by atoms with Crippen LogP contribution in [0.5, 0.6) is 0 Å². The molecule has 0 aromatic heterocycles. The molecule has 1 saturated heterocycles. The maximum Gasteiger partial charge on any atom is 0.254 e. The van der Waals surface area contributed by atoms with Gasteiger partial charge in [-0.1, -0.05) is 12.1 Å². The quantitative estimate of drug-likeness (QED) is 0.825. The van der Waals surface area contributed by atoms with Gasteiger partial charge in [-0.15, -0.1) is 0 Å². The molecule has 2 aliphatic rings. The topological polar surface area (TPSA) is 41.6 Å². The van der Waals surface area contributed by atoms with Gasteiger partial charge >= 0.3 is 0 Å². The molecule has 1 N–H and O–H groups in total. The van der Waals surface area contributed by atoms with E-state index in [1.807, 2.05) is 24.0 Å². The molecular formula is C15H20N2O2. The molecule has 0 aliphatic carbocycles. The molecular weight excluding hydrogens is 240 g/mol. The number of hydrogen-bond donors (Lipinski definition) is 1. The molecule has 1 fully saturated rings. The standard InChI is InChI=1S/C15H20N2O2/c1-11-10-19-8-7-17(11)15(18)14-4-2-3-12-9-16-6-5-13(12)14/h2-4,11,16H,5-10H2,1H3. The number of carbonyl (C=O) groups excluding carboxylic acids is 1. The van der Waals surface area contributed by atoms with E-state index in [9.17, 15) is 4.79 Å². The Morgan fingerprint density at radius 3 is 3.21 bits per heavy atom. The predicted octanol–water partition coefficient (Wildman–Crippen LogP) is 1.19. The van der Waals surface area contributed by atoms with Crippen LogP contribution in [0.25, 0.3) is 0 Å². The van der Waals surface area contributed by atoms with Crippen LogP contribution in [0.4, 0.5) is 0 Å². The molecule has 1 amide bonds. The highest BCUT2D eigenvalue weighted by Gasteiger charge is 2.27. The number of rotatable bonds is 1. The average molecular weight is 260 g/mol. The molecule has 1 aromatic carbocycles. The molecule has 102 valence electrons. The number of benzene rings is 1. The Balaban J connectivity index is 1.91. The van der Waals surface area contributed by atoms with E-state index < -0.39 is 0 Å². The smallest absolute Gasteiger partial charge is 0.254 e. The first kappa shape index (κ1) is 12.6. The normalized spacial score (nSPS) is 23.0. The average Bonchev–Trinajstić information content (AvgIpc) is 2.46. The second kappa shape index (κ2) is 5.31. The summed E-state index contributed by atoms with van der Waals surface area (Å²) in [5.74, 6) is 0.162. The second-order valence-electron chi connectivity index (χ2n) is 5.29. The van der Waals surface area contributed by atoms with Gasteiger partial charge in [0.2, 0.25) is 0 Å². The van der Waals surface area contributed by atoms with Gasteiger partial charge in [-0.3, -0.25) is 4.79 Å². The van der Waals surface area contributed by atoms with Crippen molar-refractivity contribution >= 4 is 5.91 Å². The largest absolute Gasteiger partial charge is 0.377 e. The van der Waals surface area contributed by atoms with Crippen LogP contribution in [-0.4, -0.2) is 43.2 Å². The summed E-state index contributed by atoms with van der Waals surface area (Å²) >= 11 is 0. The maximum atomic E-state index is 12.7. The van der Waals surface area contributed by atoms with E-state index in [0.717, 1.165) is 25.1 Å². The first-order chi connectivity index (χ1) is 9.27. The number of ether oxygens (including phenoxy) is 1. The van der Waals surface area contributed by atoms with E-state index in [1.165, 1.54) is 11.1 Å². The Labute approximate surface area is 113 Å². The summed E-state index contributed by atoms with van der Waals surface area (Å²) in [5.41, 5.74) is 3.37. The van der Waals surface area contributed by atoms with Crippen LogP contribution in [0, 0.1) is 0 Å². The van der Waals surface area contributed by atoms with E-state index in [0.29, 0.717) is 19.8 Å². The van der Waals surface area contributed by atoms with Gasteiger partial charge in [0.15, 0.2) is 0 Å². The number of nitrogens with one attached hydrogen (secondary N) is 1. The lowest BCUT2D eigenvalue weighted by atomic mass is 9.94. The first-order valence-electron chi connectivity index (χ1n) is 6.97. The van der Waals surface area contributed by atoms with Crippen molar-refractivity contribution in [3.05, 3.63) is 34.9 Å². The van der Waals surface area contributed by atoms with Crippen molar-refractivity contribution in [2.45, 2.75) is 25.9 Å². The Hall–Kier alpha value is -1.39. The zero-order chi connectivity index (χ0) is 13.2. The van der Waals surface area contributed by atoms with Crippen molar-refractivity contribution < 1.29 is 9.53 Å². The Kier molecular flexibility index (Phi) is 3.53. The third-order valence-electron chi connectivity index (χ3n) is 4.00. The Bertz CT molecular complexity index is 487. The minimum atomic E-state index is 0.162. The van der Waals surface area contributed by atoms with Crippen LogP contribution in [0.15, 0.2) is 18.2 Å². The van der Waals surface area contributed by atoms with Gasteiger partial charge < -0.3 is 15.0 Å². The van der Waals surface area contributed by atoms with Crippen LogP contribution in [0.3, 0.4) is 0 Å². The summed E-state index contributed by atoms with van der Waals surface area (Å²) in [6.07, 6.45) is 0.940. The molecule has 19 heavy (non-hydrogen) atoms. The lowest BCUT2D eigenvalue weighted by Gasteiger charge is -2.34. The monoisotopic (exact) mass is 260 g/mol. The van der Waals surface area contributed by atoms with Crippen molar-refractivity contribution in [3.8, 4) is 0 Å². The number of carbonyl (C=O) groups is 1. The fourth-order valence-corrected chi connectivity index (χ4v) is 2.92. The molecule has 2 heterocycles. The third-order valence-corrected chi connectivity index (χ3v) is 4.00. The van der Waals surface area contributed by atoms with E-state index in [1.54, 1.807) is 0 Å². The minimum absolute atomic E-state index is 0.162. The Morgan fingerprint density at radius 2 is 2.37 bits per heavy atom. The van der Waals surface area contributed by atoms with Crippen molar-refractivity contribution in [2.75, 3.05) is 26.3 Å². The lowest BCUT2D eigenvalue weighted by Crippen LogP contribution is -2.47. The lowest BCUT2D eigenvalue weighted by molar-refractivity contribution is 0.00352. The SMILES string of the molecule is CC1COCCN1C(=O)c1cccc2c1CCNC2. The number of morpholine rings is 1. The van der Waals surface area contributed by atoms with Crippen molar-refractivity contribution in [1.82, 2.24) is 10.2 Å². The molecule has 0 spiro atoms.